The van der Waals surface area contributed by atoms with Crippen LogP contribution in [0.5, 0.6) is 0 Å². The van der Waals surface area contributed by atoms with Gasteiger partial charge in [-0.3, -0.25) is 0 Å². The third-order valence-corrected chi connectivity index (χ3v) is 2.82. The monoisotopic (exact) mass is 201 g/mol. The fourth-order valence-electron chi connectivity index (χ4n) is 2.04. The summed E-state index contributed by atoms with van der Waals surface area (Å²) in [6, 6.07) is 6.79. The lowest BCUT2D eigenvalue weighted by molar-refractivity contribution is 0.553. The number of nitrogens with one attached hydrogen (secondary N) is 1. The van der Waals surface area contributed by atoms with E-state index < -0.39 is 0 Å². The van der Waals surface area contributed by atoms with E-state index in [1.165, 1.54) is 16.7 Å². The Bertz CT molecular complexity index is 340. The van der Waals surface area contributed by atoms with Crippen LogP contribution in [0, 0.1) is 26.2 Å². The average molecular weight is 201 g/mol. The van der Waals surface area contributed by atoms with Gasteiger partial charge in [0.1, 0.15) is 0 Å². The predicted molar refractivity (Wildman–Crippen MR) is 65.8 cm³/mol. The van der Waals surface area contributed by atoms with Crippen LogP contribution in [-0.2, 0) is 0 Å². The van der Waals surface area contributed by atoms with Crippen molar-refractivity contribution in [1.29, 1.82) is 0 Å². The van der Waals surface area contributed by atoms with Gasteiger partial charge in [0.05, 0.1) is 0 Å². The summed E-state index contributed by atoms with van der Waals surface area (Å²) in [5.74, 6) is 2.70. The molecule has 80 valence electrons. The van der Waals surface area contributed by atoms with Crippen molar-refractivity contribution in [3.8, 4) is 12.3 Å². The van der Waals surface area contributed by atoms with Gasteiger partial charge in [0.25, 0.3) is 0 Å². The first-order valence-electron chi connectivity index (χ1n) is 5.37. The SMILES string of the molecule is C#CCCC(NC)c1c(C)cccc1C. The molecule has 0 aliphatic rings. The molecule has 0 aliphatic heterocycles. The number of hydrogen-bond donors (Lipinski definition) is 1. The average Bonchev–Trinajstić information content (AvgIpc) is 2.22. The molecule has 0 heterocycles. The molecule has 1 unspecified atom stereocenters. The molecule has 1 atom stereocenters. The Morgan fingerprint density at radius 1 is 1.33 bits per heavy atom. The van der Waals surface area contributed by atoms with Crippen LogP contribution in [-0.4, -0.2) is 7.05 Å². The maximum absolute atomic E-state index is 5.31. The Morgan fingerprint density at radius 3 is 2.40 bits per heavy atom. The predicted octanol–water partition coefficient (Wildman–Crippen LogP) is 2.98. The third-order valence-electron chi connectivity index (χ3n) is 2.82. The first-order chi connectivity index (χ1) is 7.20. The summed E-state index contributed by atoms with van der Waals surface area (Å²) in [7, 11) is 1.99. The summed E-state index contributed by atoms with van der Waals surface area (Å²) in [4.78, 5) is 0. The van der Waals surface area contributed by atoms with Gasteiger partial charge in [-0.05, 0) is 44.0 Å². The van der Waals surface area contributed by atoms with Crippen LogP contribution in [0.25, 0.3) is 0 Å². The molecule has 1 aromatic rings. The van der Waals surface area contributed by atoms with Crippen LogP contribution in [0.3, 0.4) is 0 Å². The Kier molecular flexibility index (Phi) is 4.39. The van der Waals surface area contributed by atoms with Crippen molar-refractivity contribution in [2.45, 2.75) is 32.7 Å². The molecule has 0 aliphatic carbocycles. The lowest BCUT2D eigenvalue weighted by atomic mass is 9.93. The van der Waals surface area contributed by atoms with E-state index in [-0.39, 0.29) is 0 Å². The van der Waals surface area contributed by atoms with Crippen molar-refractivity contribution in [3.05, 3.63) is 34.9 Å². The molecule has 1 rings (SSSR count). The van der Waals surface area contributed by atoms with Gasteiger partial charge in [0.15, 0.2) is 0 Å². The zero-order valence-electron chi connectivity index (χ0n) is 9.80. The van der Waals surface area contributed by atoms with Gasteiger partial charge in [-0.2, -0.15) is 0 Å². The van der Waals surface area contributed by atoms with Gasteiger partial charge in [-0.15, -0.1) is 12.3 Å². The fraction of sp³-hybridized carbons (Fsp3) is 0.429. The maximum atomic E-state index is 5.31. The van der Waals surface area contributed by atoms with Crippen molar-refractivity contribution in [2.75, 3.05) is 7.05 Å². The van der Waals surface area contributed by atoms with Gasteiger partial charge in [-0.1, -0.05) is 18.2 Å². The number of rotatable bonds is 4. The number of aryl methyl sites for hydroxylation is 2. The number of terminal acetylenes is 1. The number of hydrogen-bond acceptors (Lipinski definition) is 1. The molecule has 1 nitrogen and oxygen atoms in total. The van der Waals surface area contributed by atoms with Crippen molar-refractivity contribution < 1.29 is 0 Å². The standard InChI is InChI=1S/C14H19N/c1-5-6-10-13(15-4)14-11(2)8-7-9-12(14)3/h1,7-9,13,15H,6,10H2,2-4H3. The van der Waals surface area contributed by atoms with Crippen LogP contribution >= 0.6 is 0 Å². The highest BCUT2D eigenvalue weighted by molar-refractivity contribution is 5.36. The summed E-state index contributed by atoms with van der Waals surface area (Å²) < 4.78 is 0. The van der Waals surface area contributed by atoms with Crippen molar-refractivity contribution in [2.24, 2.45) is 0 Å². The van der Waals surface area contributed by atoms with E-state index in [0.29, 0.717) is 6.04 Å². The fourth-order valence-corrected chi connectivity index (χ4v) is 2.04. The Hall–Kier alpha value is -1.26. The molecular weight excluding hydrogens is 182 g/mol. The van der Waals surface area contributed by atoms with Crippen molar-refractivity contribution in [1.82, 2.24) is 5.32 Å². The highest BCUT2D eigenvalue weighted by Crippen LogP contribution is 2.24. The largest absolute Gasteiger partial charge is 0.313 e. The molecular formula is C14H19N. The van der Waals surface area contributed by atoms with Gasteiger partial charge in [0, 0.05) is 12.5 Å². The van der Waals surface area contributed by atoms with Gasteiger partial charge < -0.3 is 5.32 Å². The lowest BCUT2D eigenvalue weighted by Crippen LogP contribution is -2.18. The summed E-state index contributed by atoms with van der Waals surface area (Å²) >= 11 is 0. The second kappa shape index (κ2) is 5.58. The highest BCUT2D eigenvalue weighted by atomic mass is 14.9. The summed E-state index contributed by atoms with van der Waals surface area (Å²) in [6.45, 7) is 4.31. The van der Waals surface area contributed by atoms with Crippen molar-refractivity contribution >= 4 is 0 Å². The molecule has 15 heavy (non-hydrogen) atoms. The topological polar surface area (TPSA) is 12.0 Å². The Labute approximate surface area is 92.9 Å². The van der Waals surface area contributed by atoms with Crippen LogP contribution < -0.4 is 5.32 Å². The van der Waals surface area contributed by atoms with Crippen LogP contribution in [0.15, 0.2) is 18.2 Å². The summed E-state index contributed by atoms with van der Waals surface area (Å²) in [5.41, 5.74) is 4.08. The van der Waals surface area contributed by atoms with E-state index in [1.807, 2.05) is 7.05 Å². The normalized spacial score (nSPS) is 12.1. The first kappa shape index (κ1) is 11.8. The molecule has 1 aromatic carbocycles. The third kappa shape index (κ3) is 2.84. The van der Waals surface area contributed by atoms with Gasteiger partial charge in [-0.25, -0.2) is 0 Å². The lowest BCUT2D eigenvalue weighted by Gasteiger charge is -2.20. The minimum atomic E-state index is 0.377. The summed E-state index contributed by atoms with van der Waals surface area (Å²) in [6.07, 6.45) is 7.13. The van der Waals surface area contributed by atoms with E-state index in [1.54, 1.807) is 0 Å². The summed E-state index contributed by atoms with van der Waals surface area (Å²) in [5, 5.41) is 3.34. The minimum Gasteiger partial charge on any atom is -0.313 e. The van der Waals surface area contributed by atoms with E-state index in [2.05, 4.69) is 43.3 Å². The minimum absolute atomic E-state index is 0.377. The van der Waals surface area contributed by atoms with Crippen molar-refractivity contribution in [3.63, 3.8) is 0 Å². The van der Waals surface area contributed by atoms with Gasteiger partial charge in [0.2, 0.25) is 0 Å². The zero-order valence-corrected chi connectivity index (χ0v) is 9.80. The molecule has 0 spiro atoms. The molecule has 0 fully saturated rings. The highest BCUT2D eigenvalue weighted by Gasteiger charge is 2.12. The Balaban J connectivity index is 2.96. The quantitative estimate of drug-likeness (QED) is 0.738. The zero-order chi connectivity index (χ0) is 11.3. The molecule has 0 amide bonds. The first-order valence-corrected chi connectivity index (χ1v) is 5.37. The Morgan fingerprint density at radius 2 is 1.93 bits per heavy atom. The second-order valence-electron chi connectivity index (χ2n) is 3.89. The number of benzene rings is 1. The van der Waals surface area contributed by atoms with E-state index >= 15 is 0 Å². The van der Waals surface area contributed by atoms with Crippen LogP contribution in [0.4, 0.5) is 0 Å². The van der Waals surface area contributed by atoms with Crippen LogP contribution in [0.2, 0.25) is 0 Å². The smallest absolute Gasteiger partial charge is 0.0331 e. The molecule has 1 N–H and O–H groups in total. The maximum Gasteiger partial charge on any atom is 0.0331 e. The molecule has 0 saturated carbocycles. The van der Waals surface area contributed by atoms with Gasteiger partial charge >= 0.3 is 0 Å². The van der Waals surface area contributed by atoms with Crippen LogP contribution in [0.1, 0.15) is 35.6 Å². The van der Waals surface area contributed by atoms with E-state index in [9.17, 15) is 0 Å². The second-order valence-corrected chi connectivity index (χ2v) is 3.89. The van der Waals surface area contributed by atoms with E-state index in [0.717, 1.165) is 12.8 Å². The molecule has 0 bridgehead atoms. The molecule has 0 aromatic heterocycles. The molecule has 1 heteroatoms. The molecule has 0 radical (unpaired) electrons. The van der Waals surface area contributed by atoms with E-state index in [4.69, 9.17) is 6.42 Å². The molecule has 0 saturated heterocycles.